The van der Waals surface area contributed by atoms with Crippen molar-refractivity contribution >= 4 is 17.3 Å². The zero-order chi connectivity index (χ0) is 15.4. The number of hydrogen-bond acceptors (Lipinski definition) is 4. The molecule has 0 unspecified atom stereocenters. The lowest BCUT2D eigenvalue weighted by atomic mass is 10.1. The molecule has 0 radical (unpaired) electrons. The fraction of sp³-hybridized carbons (Fsp3) is 0.133. The Balaban J connectivity index is 2.37. The molecule has 2 aromatic carbocycles. The number of carboxylic acids is 1. The summed E-state index contributed by atoms with van der Waals surface area (Å²) >= 11 is 0. The van der Waals surface area contributed by atoms with E-state index >= 15 is 0 Å². The highest BCUT2D eigenvalue weighted by molar-refractivity contribution is 5.95. The lowest BCUT2D eigenvalue weighted by Gasteiger charge is -2.21. The van der Waals surface area contributed by atoms with Gasteiger partial charge in [0.05, 0.1) is 16.2 Å². The SMILES string of the molecule is CN(Cc1ccccc1)c1cc([N+](=O)[O-])ccc1C(=O)O. The Labute approximate surface area is 121 Å². The molecule has 2 aromatic rings. The number of carbonyl (C=O) groups is 1. The molecule has 0 bridgehead atoms. The molecule has 2 rings (SSSR count). The highest BCUT2D eigenvalue weighted by Gasteiger charge is 2.18. The van der Waals surface area contributed by atoms with Crippen molar-refractivity contribution in [2.24, 2.45) is 0 Å². The van der Waals surface area contributed by atoms with Crippen LogP contribution in [0.15, 0.2) is 48.5 Å². The van der Waals surface area contributed by atoms with Gasteiger partial charge in [0.25, 0.3) is 5.69 Å². The van der Waals surface area contributed by atoms with Crippen LogP contribution in [-0.2, 0) is 6.54 Å². The van der Waals surface area contributed by atoms with Crippen LogP contribution in [0, 0.1) is 10.1 Å². The number of anilines is 1. The van der Waals surface area contributed by atoms with E-state index in [0.29, 0.717) is 12.2 Å². The molecule has 108 valence electrons. The topological polar surface area (TPSA) is 83.7 Å². The second kappa shape index (κ2) is 6.04. The molecule has 1 N–H and O–H groups in total. The molecule has 0 aliphatic heterocycles. The first kappa shape index (κ1) is 14.5. The largest absolute Gasteiger partial charge is 0.478 e. The number of rotatable bonds is 5. The molecule has 0 saturated carbocycles. The van der Waals surface area contributed by atoms with E-state index < -0.39 is 10.9 Å². The summed E-state index contributed by atoms with van der Waals surface area (Å²) in [7, 11) is 1.71. The number of hydrogen-bond donors (Lipinski definition) is 1. The Kier molecular flexibility index (Phi) is 4.18. The third kappa shape index (κ3) is 3.36. The van der Waals surface area contributed by atoms with Crippen molar-refractivity contribution in [1.29, 1.82) is 0 Å². The molecule has 0 atom stereocenters. The summed E-state index contributed by atoms with van der Waals surface area (Å²) in [4.78, 5) is 23.3. The van der Waals surface area contributed by atoms with Crippen molar-refractivity contribution < 1.29 is 14.8 Å². The van der Waals surface area contributed by atoms with Crippen LogP contribution in [0.25, 0.3) is 0 Å². The van der Waals surface area contributed by atoms with Crippen LogP contribution >= 0.6 is 0 Å². The average Bonchev–Trinajstić information content (AvgIpc) is 2.47. The van der Waals surface area contributed by atoms with E-state index in [4.69, 9.17) is 0 Å². The zero-order valence-corrected chi connectivity index (χ0v) is 11.4. The first-order valence-corrected chi connectivity index (χ1v) is 6.26. The molecule has 0 saturated heterocycles. The number of nitro benzene ring substituents is 1. The fourth-order valence-corrected chi connectivity index (χ4v) is 2.07. The Morgan fingerprint density at radius 2 is 1.90 bits per heavy atom. The van der Waals surface area contributed by atoms with Crippen molar-refractivity contribution in [3.05, 3.63) is 69.8 Å². The molecular weight excluding hydrogens is 272 g/mol. The van der Waals surface area contributed by atoms with Crippen LogP contribution in [0.5, 0.6) is 0 Å². The maximum absolute atomic E-state index is 11.3. The molecule has 0 aromatic heterocycles. The quantitative estimate of drug-likeness (QED) is 0.675. The Hall–Kier alpha value is -2.89. The summed E-state index contributed by atoms with van der Waals surface area (Å²) in [6, 6.07) is 13.2. The maximum Gasteiger partial charge on any atom is 0.337 e. The minimum absolute atomic E-state index is 0.0408. The minimum atomic E-state index is -1.11. The normalized spacial score (nSPS) is 10.1. The highest BCUT2D eigenvalue weighted by atomic mass is 16.6. The van der Waals surface area contributed by atoms with Gasteiger partial charge in [0.2, 0.25) is 0 Å². The monoisotopic (exact) mass is 286 g/mol. The van der Waals surface area contributed by atoms with Gasteiger partial charge in [-0.2, -0.15) is 0 Å². The summed E-state index contributed by atoms with van der Waals surface area (Å²) in [5, 5.41) is 20.1. The average molecular weight is 286 g/mol. The van der Waals surface area contributed by atoms with Crippen molar-refractivity contribution in [3.63, 3.8) is 0 Å². The summed E-state index contributed by atoms with van der Waals surface area (Å²) < 4.78 is 0. The molecule has 0 amide bonds. The van der Waals surface area contributed by atoms with Crippen LogP contribution in [0.2, 0.25) is 0 Å². The summed E-state index contributed by atoms with van der Waals surface area (Å²) in [6.45, 7) is 0.461. The van der Waals surface area contributed by atoms with E-state index in [9.17, 15) is 20.0 Å². The maximum atomic E-state index is 11.3. The van der Waals surface area contributed by atoms with E-state index in [-0.39, 0.29) is 11.3 Å². The number of carboxylic acid groups (broad SMARTS) is 1. The van der Waals surface area contributed by atoms with E-state index in [1.807, 2.05) is 30.3 Å². The van der Waals surface area contributed by atoms with Gasteiger partial charge in [-0.25, -0.2) is 4.79 Å². The smallest absolute Gasteiger partial charge is 0.337 e. The second-order valence-corrected chi connectivity index (χ2v) is 4.61. The van der Waals surface area contributed by atoms with Crippen molar-refractivity contribution in [3.8, 4) is 0 Å². The Bertz CT molecular complexity index is 671. The van der Waals surface area contributed by atoms with Crippen LogP contribution in [0.4, 0.5) is 11.4 Å². The van der Waals surface area contributed by atoms with Crippen LogP contribution in [0.3, 0.4) is 0 Å². The molecule has 0 aliphatic carbocycles. The molecule has 0 aliphatic rings. The fourth-order valence-electron chi connectivity index (χ4n) is 2.07. The third-order valence-electron chi connectivity index (χ3n) is 3.10. The predicted molar refractivity (Wildman–Crippen MR) is 78.6 cm³/mol. The molecule has 21 heavy (non-hydrogen) atoms. The third-order valence-corrected chi connectivity index (χ3v) is 3.10. The highest BCUT2D eigenvalue weighted by Crippen LogP contribution is 2.26. The number of non-ortho nitro benzene ring substituents is 1. The minimum Gasteiger partial charge on any atom is -0.478 e. The van der Waals surface area contributed by atoms with E-state index in [0.717, 1.165) is 5.56 Å². The van der Waals surface area contributed by atoms with Gasteiger partial charge in [-0.05, 0) is 11.6 Å². The lowest BCUT2D eigenvalue weighted by molar-refractivity contribution is -0.384. The van der Waals surface area contributed by atoms with Gasteiger partial charge in [-0.1, -0.05) is 30.3 Å². The summed E-state index contributed by atoms with van der Waals surface area (Å²) in [5.41, 5.74) is 1.22. The van der Waals surface area contributed by atoms with Crippen LogP contribution in [-0.4, -0.2) is 23.0 Å². The van der Waals surface area contributed by atoms with Gasteiger partial charge in [0.1, 0.15) is 0 Å². The predicted octanol–water partition coefficient (Wildman–Crippen LogP) is 2.93. The number of benzene rings is 2. The number of nitrogens with zero attached hydrogens (tertiary/aromatic N) is 2. The first-order valence-electron chi connectivity index (χ1n) is 6.26. The summed E-state index contributed by atoms with van der Waals surface area (Å²) in [5.74, 6) is -1.11. The van der Waals surface area contributed by atoms with Crippen LogP contribution in [0.1, 0.15) is 15.9 Å². The lowest BCUT2D eigenvalue weighted by Crippen LogP contribution is -2.19. The molecule has 0 spiro atoms. The van der Waals surface area contributed by atoms with Gasteiger partial charge in [0.15, 0.2) is 0 Å². The Morgan fingerprint density at radius 3 is 2.48 bits per heavy atom. The van der Waals surface area contributed by atoms with Crippen molar-refractivity contribution in [1.82, 2.24) is 0 Å². The van der Waals surface area contributed by atoms with Crippen molar-refractivity contribution in [2.45, 2.75) is 6.54 Å². The molecule has 6 nitrogen and oxygen atoms in total. The van der Waals surface area contributed by atoms with Gasteiger partial charge >= 0.3 is 5.97 Å². The van der Waals surface area contributed by atoms with Crippen LogP contribution < -0.4 is 4.90 Å². The Morgan fingerprint density at radius 1 is 1.24 bits per heavy atom. The molecular formula is C15H14N2O4. The standard InChI is InChI=1S/C15H14N2O4/c1-16(10-11-5-3-2-4-6-11)14-9-12(17(20)21)7-8-13(14)15(18)19/h2-9H,10H2,1H3,(H,18,19). The van der Waals surface area contributed by atoms with Gasteiger partial charge in [-0.3, -0.25) is 10.1 Å². The van der Waals surface area contributed by atoms with Gasteiger partial charge < -0.3 is 10.0 Å². The second-order valence-electron chi connectivity index (χ2n) is 4.61. The molecule has 0 heterocycles. The van der Waals surface area contributed by atoms with E-state index in [2.05, 4.69) is 0 Å². The van der Waals surface area contributed by atoms with E-state index in [1.54, 1.807) is 11.9 Å². The number of nitro groups is 1. The van der Waals surface area contributed by atoms with Gasteiger partial charge in [-0.15, -0.1) is 0 Å². The van der Waals surface area contributed by atoms with Gasteiger partial charge in [0, 0.05) is 25.7 Å². The molecule has 6 heteroatoms. The molecule has 0 fully saturated rings. The summed E-state index contributed by atoms with van der Waals surface area (Å²) in [6.07, 6.45) is 0. The zero-order valence-electron chi connectivity index (χ0n) is 11.4. The van der Waals surface area contributed by atoms with E-state index in [1.165, 1.54) is 18.2 Å². The first-order chi connectivity index (χ1) is 9.99. The number of aromatic carboxylic acids is 1. The van der Waals surface area contributed by atoms with Crippen molar-refractivity contribution in [2.75, 3.05) is 11.9 Å².